The molecule has 12 bridgehead atoms. The molecule has 2 aromatic heterocycles. The zero-order valence-corrected chi connectivity index (χ0v) is 96.0. The molecule has 804 valence electrons. The number of nitrogens with one attached hydrogen (secondary N) is 4. The van der Waals surface area contributed by atoms with Crippen LogP contribution in [0, 0.1) is 143 Å². The molecule has 0 aliphatic heterocycles. The predicted molar refractivity (Wildman–Crippen MR) is 613 cm³/mol. The molecule has 6 unspecified atom stereocenters. The second kappa shape index (κ2) is 52.6. The van der Waals surface area contributed by atoms with Gasteiger partial charge in [-0.1, -0.05) is 325 Å². The van der Waals surface area contributed by atoms with Crippen LogP contribution in [0.4, 0.5) is 0 Å². The number of sulfonamides is 1. The molecule has 0 radical (unpaired) electrons. The van der Waals surface area contributed by atoms with Gasteiger partial charge in [0.25, 0.3) is 17.7 Å². The minimum Gasteiger partial charge on any atom is -0.347 e. The fourth-order valence-corrected chi connectivity index (χ4v) is 30.8. The summed E-state index contributed by atoms with van der Waals surface area (Å²) in [5, 5.41) is 9.92. The molecule has 14 saturated carbocycles. The number of carbonyl (C=O) groups is 3. The minimum atomic E-state index is -3.39. The molecule has 145 heavy (non-hydrogen) atoms. The Morgan fingerprint density at radius 3 is 1.08 bits per heavy atom. The van der Waals surface area contributed by atoms with E-state index < -0.39 is 10.0 Å². The topological polar surface area (TPSA) is 185 Å². The van der Waals surface area contributed by atoms with Crippen molar-refractivity contribution in [2.45, 2.75) is 451 Å². The van der Waals surface area contributed by atoms with Crippen LogP contribution in [0.1, 0.15) is 443 Å². The molecule has 0 saturated heterocycles. The summed E-state index contributed by atoms with van der Waals surface area (Å²) in [6.45, 7) is 57.5. The first-order valence-electron chi connectivity index (χ1n) is 57.9. The van der Waals surface area contributed by atoms with Gasteiger partial charge in [0.2, 0.25) is 10.0 Å². The molecular weight excluding hydrogens is 1800 g/mol. The maximum atomic E-state index is 12.5. The van der Waals surface area contributed by atoms with Crippen molar-refractivity contribution in [3.05, 3.63) is 233 Å². The SMILES string of the molecule is C.CC(C)C12CC3CC(CC(N)(C3)C1)C2.CC(C)C12CCC(NC(=O)c3ccccc3)(CC1)C2.CC(C)C12CCC(NC(=O)c3ccccn3)(CC1)C2.CC(C)C12CCC(NC(=O)c3cccnc3)(CC1)C2.CC(C)C12CCC(NS(=O)(=O)c3ccccc3)(CC1)C2.CC(C)CC1CCCC1C.CC(C)CC1CCCC1C.Cc1ccc(CC(C)C)cc1.Cc1ccc(CC(C)C)cc1.Cc1ccccc1CC(C)C. The zero-order valence-electron chi connectivity index (χ0n) is 95.1. The summed E-state index contributed by atoms with van der Waals surface area (Å²) in [6, 6.07) is 53.6. The van der Waals surface area contributed by atoms with E-state index in [4.69, 9.17) is 5.73 Å². The Hall–Kier alpha value is -7.32. The summed E-state index contributed by atoms with van der Waals surface area (Å²) < 4.78 is 28.1. The number of pyridine rings is 2. The van der Waals surface area contributed by atoms with Crippen molar-refractivity contribution in [2.24, 2.45) is 127 Å². The summed E-state index contributed by atoms with van der Waals surface area (Å²) >= 11 is 0. The maximum absolute atomic E-state index is 12.5. The van der Waals surface area contributed by atoms with Gasteiger partial charge in [-0.2, -0.15) is 0 Å². The van der Waals surface area contributed by atoms with Crippen LogP contribution < -0.4 is 26.4 Å². The molecule has 5 aromatic carbocycles. The highest BCUT2D eigenvalue weighted by Gasteiger charge is 2.61. The van der Waals surface area contributed by atoms with E-state index in [9.17, 15) is 22.8 Å². The lowest BCUT2D eigenvalue weighted by Crippen LogP contribution is -2.61. The van der Waals surface area contributed by atoms with Gasteiger partial charge < -0.3 is 21.7 Å². The molecule has 7 aromatic rings. The summed E-state index contributed by atoms with van der Waals surface area (Å²) in [6.07, 6.45) is 52.1. The number of rotatable bonds is 24. The van der Waals surface area contributed by atoms with Crippen molar-refractivity contribution < 1.29 is 22.8 Å². The second-order valence-electron chi connectivity index (χ2n) is 53.1. The maximum Gasteiger partial charge on any atom is 0.270 e. The first-order chi connectivity index (χ1) is 68.0. The van der Waals surface area contributed by atoms with Crippen LogP contribution >= 0.6 is 0 Å². The van der Waals surface area contributed by atoms with E-state index in [-0.39, 0.29) is 52.8 Å². The summed E-state index contributed by atoms with van der Waals surface area (Å²) in [5.41, 5.74) is 19.7. The molecule has 12 nitrogen and oxygen atoms in total. The van der Waals surface area contributed by atoms with Crippen LogP contribution in [0.15, 0.2) is 187 Å². The number of aryl methyl sites for hydroxylation is 3. The van der Waals surface area contributed by atoms with Crippen molar-refractivity contribution in [2.75, 3.05) is 0 Å². The summed E-state index contributed by atoms with van der Waals surface area (Å²) in [7, 11) is -3.39. The van der Waals surface area contributed by atoms with Gasteiger partial charge in [-0.15, -0.1) is 0 Å². The third-order valence-corrected chi connectivity index (χ3v) is 39.9. The molecule has 3 amide bonds. The van der Waals surface area contributed by atoms with E-state index in [1.54, 1.807) is 48.9 Å². The van der Waals surface area contributed by atoms with Gasteiger partial charge in [0.1, 0.15) is 5.69 Å². The van der Waals surface area contributed by atoms with Gasteiger partial charge in [0.15, 0.2) is 0 Å². The van der Waals surface area contributed by atoms with Crippen LogP contribution in [-0.4, -0.2) is 63.8 Å². The third kappa shape index (κ3) is 32.9. The lowest BCUT2D eigenvalue weighted by Gasteiger charge is -2.62. The number of hydrogen-bond donors (Lipinski definition) is 5. The smallest absolute Gasteiger partial charge is 0.270 e. The molecule has 0 spiro atoms. The molecule has 21 rings (SSSR count). The van der Waals surface area contributed by atoms with Crippen molar-refractivity contribution in [1.82, 2.24) is 30.6 Å². The minimum absolute atomic E-state index is 0. The number of nitrogens with zero attached hydrogens (tertiary/aromatic N) is 2. The number of carbonyl (C=O) groups excluding carboxylic acids is 3. The summed E-state index contributed by atoms with van der Waals surface area (Å²) in [5.74, 6) is 13.9. The monoisotopic (exact) mass is 2000 g/mol. The van der Waals surface area contributed by atoms with E-state index in [1.165, 1.54) is 187 Å². The van der Waals surface area contributed by atoms with Crippen molar-refractivity contribution >= 4 is 27.7 Å². The van der Waals surface area contributed by atoms with Crippen LogP contribution in [-0.2, 0) is 29.3 Å². The summed E-state index contributed by atoms with van der Waals surface area (Å²) in [4.78, 5) is 45.5. The van der Waals surface area contributed by atoms with Gasteiger partial charge in [-0.05, 0) is 412 Å². The van der Waals surface area contributed by atoms with E-state index in [1.807, 2.05) is 60.7 Å². The molecule has 6 N–H and O–H groups in total. The number of amides is 3. The molecule has 2 heterocycles. The number of benzene rings is 5. The van der Waals surface area contributed by atoms with Crippen LogP contribution in [0.3, 0.4) is 0 Å². The van der Waals surface area contributed by atoms with Gasteiger partial charge in [-0.25, -0.2) is 13.1 Å². The normalized spacial score (nSPS) is 29.8. The Balaban J connectivity index is 0.000000167. The number of nitrogens with two attached hydrogens (primary N) is 1. The lowest BCUT2D eigenvalue weighted by atomic mass is 9.44. The van der Waals surface area contributed by atoms with Crippen molar-refractivity contribution in [1.29, 1.82) is 0 Å². The lowest BCUT2D eigenvalue weighted by molar-refractivity contribution is -0.0913. The molecular formula is C132H205N7O5S. The van der Waals surface area contributed by atoms with E-state index >= 15 is 0 Å². The Morgan fingerprint density at radius 1 is 0.372 bits per heavy atom. The molecule has 14 fully saturated rings. The van der Waals surface area contributed by atoms with Crippen molar-refractivity contribution in [3.63, 3.8) is 0 Å². The first kappa shape index (κ1) is 120. The van der Waals surface area contributed by atoms with E-state index in [2.05, 4.69) is 277 Å². The molecule has 13 heteroatoms. The fourth-order valence-electron chi connectivity index (χ4n) is 29.4. The Bertz CT molecular complexity index is 4830. The standard InChI is InChI=1S/C17H23NO.2C16H22N2O.C16H23NO2S.C13H23N.3C11H16.2C10H20.CH4/c1-13(2)16-8-10-17(12-16,11-9-16)18-15(19)14-6-4-3-5-7-14;1-12(2)15-5-7-16(11-15,8-6-15)18-14(19)13-4-3-9-17-10-13;1-12(2)15-6-8-16(11-15,9-7-15)18-14(19)13-5-3-4-10-17-13;1-13(2)15-8-10-16(12-15,11-9-15)17-20(18,19)14-6-4-3-5-7-14;1-9(2)12-4-10-3-11(5-12)7-13(14,6-10)8-12;2*1-9(2)8-11-6-4-10(3)5-7-11;1-9(2)8-11-7-5-4-6-10(11)3;2*1-8(2)7-10-6-4-5-9(10)3;/h3-7,13H,8-12H2,1-2H3,(H,18,19);3-4,9-10,12H,5-8,11H2,1-2H3,(H,18,19);3-5,10,12H,6-9,11H2,1-2H3,(H,18,19);3-7,13,17H,8-12H2,1-2H3;9-11H,3-8,14H2,1-2H3;3*4-7,9H,8H2,1-3H3;2*8-10H,4-7H2,1-3H3;1H4. The molecule has 6 atom stereocenters. The third-order valence-electron chi connectivity index (χ3n) is 38.3. The van der Waals surface area contributed by atoms with Crippen LogP contribution in [0.25, 0.3) is 0 Å². The van der Waals surface area contributed by atoms with Crippen LogP contribution in [0.2, 0.25) is 0 Å². The largest absolute Gasteiger partial charge is 0.347 e. The average Bonchev–Trinajstić information content (AvgIpc) is 1.51. The Labute approximate surface area is 886 Å². The van der Waals surface area contributed by atoms with Gasteiger partial charge in [-0.3, -0.25) is 24.4 Å². The average molecular weight is 2000 g/mol. The Kier molecular flexibility index (Phi) is 43.4. The zero-order chi connectivity index (χ0) is 105. The first-order valence-corrected chi connectivity index (χ1v) is 59.4. The Morgan fingerprint density at radius 2 is 0.738 bits per heavy atom. The molecule has 14 aliphatic rings. The van der Waals surface area contributed by atoms with E-state index in [0.29, 0.717) is 61.0 Å². The van der Waals surface area contributed by atoms with Gasteiger partial charge >= 0.3 is 0 Å². The second-order valence-corrected chi connectivity index (χ2v) is 54.8. The number of fused-ring (bicyclic) bond motifs is 8. The van der Waals surface area contributed by atoms with E-state index in [0.717, 1.165) is 166 Å². The highest BCUT2D eigenvalue weighted by atomic mass is 32.2. The van der Waals surface area contributed by atoms with Gasteiger partial charge in [0, 0.05) is 51.8 Å². The predicted octanol–water partition coefficient (Wildman–Crippen LogP) is 33.5. The fraction of sp³-hybridized carbons (Fsp3) is 0.674. The number of hydrogen-bond acceptors (Lipinski definition) is 8. The molecule has 14 aliphatic carbocycles. The quantitative estimate of drug-likeness (QED) is 0.0396. The highest BCUT2D eigenvalue weighted by molar-refractivity contribution is 7.89. The van der Waals surface area contributed by atoms with Crippen LogP contribution in [0.5, 0.6) is 0 Å². The number of aromatic nitrogens is 2. The van der Waals surface area contributed by atoms with Gasteiger partial charge in [0.05, 0.1) is 10.5 Å². The highest BCUT2D eigenvalue weighted by Crippen LogP contribution is 2.66. The van der Waals surface area contributed by atoms with Crippen molar-refractivity contribution in [3.8, 4) is 0 Å².